The summed E-state index contributed by atoms with van der Waals surface area (Å²) in [5, 5.41) is 6.58. The molecule has 0 atom stereocenters. The summed E-state index contributed by atoms with van der Waals surface area (Å²) in [5.41, 5.74) is 1.14. The number of methoxy groups -OCH3 is 1. The number of benzene rings is 1. The third-order valence-electron chi connectivity index (χ3n) is 5.14. The van der Waals surface area contributed by atoms with Crippen LogP contribution in [-0.4, -0.2) is 63.4 Å². The molecule has 0 aromatic heterocycles. The van der Waals surface area contributed by atoms with E-state index in [-0.39, 0.29) is 24.0 Å². The summed E-state index contributed by atoms with van der Waals surface area (Å²) in [4.78, 5) is 6.13. The summed E-state index contributed by atoms with van der Waals surface area (Å²) in [6.07, 6.45) is -0.755. The first-order chi connectivity index (χ1) is 13.9. The highest BCUT2D eigenvalue weighted by molar-refractivity contribution is 14.0. The van der Waals surface area contributed by atoms with Gasteiger partial charge in [-0.25, -0.2) is 0 Å². The van der Waals surface area contributed by atoms with Crippen molar-refractivity contribution in [3.05, 3.63) is 29.8 Å². The topological polar surface area (TPSA) is 48.9 Å². The average Bonchev–Trinajstić information content (AvgIpc) is 2.68. The number of likely N-dealkylation sites (tertiary alicyclic amines) is 1. The van der Waals surface area contributed by atoms with Gasteiger partial charge in [-0.05, 0) is 63.2 Å². The number of rotatable bonds is 9. The minimum atomic E-state index is -4.10. The molecule has 1 heterocycles. The molecule has 172 valence electrons. The largest absolute Gasteiger partial charge is 0.496 e. The lowest BCUT2D eigenvalue weighted by atomic mass is 9.93. The third-order valence-corrected chi connectivity index (χ3v) is 5.14. The molecule has 2 rings (SSSR count). The molecule has 1 fully saturated rings. The molecule has 1 aliphatic heterocycles. The van der Waals surface area contributed by atoms with Crippen LogP contribution in [0.2, 0.25) is 0 Å². The molecule has 2 N–H and O–H groups in total. The number of para-hydroxylation sites is 1. The number of piperidine rings is 1. The molecule has 0 spiro atoms. The Morgan fingerprint density at radius 1 is 1.20 bits per heavy atom. The Morgan fingerprint density at radius 2 is 1.90 bits per heavy atom. The van der Waals surface area contributed by atoms with Gasteiger partial charge in [0.1, 0.15) is 5.75 Å². The van der Waals surface area contributed by atoms with Crippen molar-refractivity contribution < 1.29 is 17.9 Å². The van der Waals surface area contributed by atoms with Gasteiger partial charge in [-0.15, -0.1) is 24.0 Å². The summed E-state index contributed by atoms with van der Waals surface area (Å²) in [6, 6.07) is 7.95. The van der Waals surface area contributed by atoms with E-state index in [9.17, 15) is 13.2 Å². The SMILES string of the molecule is CCNC(=NCCC1CCN(CC(F)(F)F)CC1)NCCc1ccccc1OC.I. The van der Waals surface area contributed by atoms with Crippen LogP contribution in [0, 0.1) is 5.92 Å². The molecule has 1 saturated heterocycles. The highest BCUT2D eigenvalue weighted by Crippen LogP contribution is 2.24. The Balaban J connectivity index is 0.00000450. The van der Waals surface area contributed by atoms with Crippen LogP contribution in [0.3, 0.4) is 0 Å². The van der Waals surface area contributed by atoms with Gasteiger partial charge >= 0.3 is 6.18 Å². The van der Waals surface area contributed by atoms with Gasteiger partial charge in [0, 0.05) is 19.6 Å². The van der Waals surface area contributed by atoms with E-state index in [2.05, 4.69) is 21.7 Å². The van der Waals surface area contributed by atoms with Gasteiger partial charge in [-0.1, -0.05) is 18.2 Å². The van der Waals surface area contributed by atoms with Crippen LogP contribution in [-0.2, 0) is 6.42 Å². The fraction of sp³-hybridized carbons (Fsp3) is 0.667. The van der Waals surface area contributed by atoms with Crippen LogP contribution in [0.5, 0.6) is 5.75 Å². The second-order valence-electron chi connectivity index (χ2n) is 7.37. The molecule has 1 aromatic carbocycles. The number of nitrogens with one attached hydrogen (secondary N) is 2. The Kier molecular flexibility index (Phi) is 12.5. The summed E-state index contributed by atoms with van der Waals surface area (Å²) < 4.78 is 42.8. The van der Waals surface area contributed by atoms with E-state index in [4.69, 9.17) is 4.74 Å². The Morgan fingerprint density at radius 3 is 2.53 bits per heavy atom. The predicted molar refractivity (Wildman–Crippen MR) is 126 cm³/mol. The number of halogens is 4. The maximum absolute atomic E-state index is 12.5. The lowest BCUT2D eigenvalue weighted by molar-refractivity contribution is -0.148. The zero-order chi connectivity index (χ0) is 21.1. The van der Waals surface area contributed by atoms with Crippen molar-refractivity contribution in [3.8, 4) is 5.75 Å². The number of guanidine groups is 1. The Bertz CT molecular complexity index is 635. The van der Waals surface area contributed by atoms with Crippen molar-refractivity contribution in [2.24, 2.45) is 10.9 Å². The zero-order valence-electron chi connectivity index (χ0n) is 17.8. The van der Waals surface area contributed by atoms with Crippen LogP contribution in [0.4, 0.5) is 13.2 Å². The fourth-order valence-corrected chi connectivity index (χ4v) is 3.61. The van der Waals surface area contributed by atoms with E-state index in [0.29, 0.717) is 25.6 Å². The van der Waals surface area contributed by atoms with Crippen molar-refractivity contribution in [3.63, 3.8) is 0 Å². The van der Waals surface area contributed by atoms with Gasteiger partial charge in [-0.2, -0.15) is 13.2 Å². The molecule has 0 unspecified atom stereocenters. The number of aliphatic imine (C=N–C) groups is 1. The van der Waals surface area contributed by atoms with E-state index >= 15 is 0 Å². The molecule has 0 bridgehead atoms. The van der Waals surface area contributed by atoms with E-state index in [1.54, 1.807) is 7.11 Å². The number of hydrogen-bond donors (Lipinski definition) is 2. The summed E-state index contributed by atoms with van der Waals surface area (Å²) in [5.74, 6) is 2.10. The smallest absolute Gasteiger partial charge is 0.401 e. The van der Waals surface area contributed by atoms with Gasteiger partial charge in [0.2, 0.25) is 0 Å². The standard InChI is InChI=1S/C21H33F3N4O.HI/c1-3-25-20(27-13-9-18-6-4-5-7-19(18)29-2)26-12-8-17-10-14-28(15-11-17)16-21(22,23)24;/h4-7,17H,3,8-16H2,1-2H3,(H2,25,26,27);1H. The van der Waals surface area contributed by atoms with E-state index < -0.39 is 12.7 Å². The van der Waals surface area contributed by atoms with E-state index in [0.717, 1.165) is 56.0 Å². The van der Waals surface area contributed by atoms with Gasteiger partial charge in [-0.3, -0.25) is 9.89 Å². The predicted octanol–water partition coefficient (Wildman–Crippen LogP) is 4.08. The number of nitrogens with zero attached hydrogens (tertiary/aromatic N) is 2. The first kappa shape index (κ1) is 26.8. The quantitative estimate of drug-likeness (QED) is 0.281. The first-order valence-electron chi connectivity index (χ1n) is 10.3. The maximum Gasteiger partial charge on any atom is 0.401 e. The van der Waals surface area contributed by atoms with Crippen molar-refractivity contribution in [1.82, 2.24) is 15.5 Å². The molecule has 0 amide bonds. The number of hydrogen-bond acceptors (Lipinski definition) is 3. The summed E-state index contributed by atoms with van der Waals surface area (Å²) in [6.45, 7) is 4.45. The fourth-order valence-electron chi connectivity index (χ4n) is 3.61. The van der Waals surface area contributed by atoms with Gasteiger partial charge in [0.05, 0.1) is 13.7 Å². The van der Waals surface area contributed by atoms with E-state index in [1.807, 2.05) is 25.1 Å². The van der Waals surface area contributed by atoms with Crippen LogP contribution in [0.15, 0.2) is 29.3 Å². The molecule has 30 heavy (non-hydrogen) atoms. The molecular weight excluding hydrogens is 508 g/mol. The monoisotopic (exact) mass is 542 g/mol. The highest BCUT2D eigenvalue weighted by atomic mass is 127. The molecule has 0 saturated carbocycles. The maximum atomic E-state index is 12.5. The molecule has 1 aliphatic rings. The van der Waals surface area contributed by atoms with Gasteiger partial charge in [0.15, 0.2) is 5.96 Å². The van der Waals surface area contributed by atoms with Crippen LogP contribution < -0.4 is 15.4 Å². The minimum absolute atomic E-state index is 0. The molecule has 5 nitrogen and oxygen atoms in total. The van der Waals surface area contributed by atoms with Crippen molar-refractivity contribution in [2.45, 2.75) is 38.8 Å². The second kappa shape index (κ2) is 14.0. The summed E-state index contributed by atoms with van der Waals surface area (Å²) in [7, 11) is 1.67. The number of alkyl halides is 3. The van der Waals surface area contributed by atoms with Gasteiger partial charge < -0.3 is 15.4 Å². The normalized spacial score (nSPS) is 16.1. The number of ether oxygens (including phenoxy) is 1. The summed E-state index contributed by atoms with van der Waals surface area (Å²) >= 11 is 0. The zero-order valence-corrected chi connectivity index (χ0v) is 20.1. The van der Waals surface area contributed by atoms with Crippen molar-refractivity contribution in [2.75, 3.05) is 46.4 Å². The highest BCUT2D eigenvalue weighted by Gasteiger charge is 2.32. The Hall–Kier alpha value is -1.23. The van der Waals surface area contributed by atoms with E-state index in [1.165, 1.54) is 4.90 Å². The molecule has 1 aromatic rings. The molecule has 0 aliphatic carbocycles. The van der Waals surface area contributed by atoms with Crippen LogP contribution >= 0.6 is 24.0 Å². The van der Waals surface area contributed by atoms with Gasteiger partial charge in [0.25, 0.3) is 0 Å². The minimum Gasteiger partial charge on any atom is -0.496 e. The Labute approximate surface area is 194 Å². The second-order valence-corrected chi connectivity index (χ2v) is 7.37. The first-order valence-corrected chi connectivity index (χ1v) is 10.3. The molecule has 0 radical (unpaired) electrons. The van der Waals surface area contributed by atoms with Crippen molar-refractivity contribution >= 4 is 29.9 Å². The molecule has 9 heteroatoms. The lowest BCUT2D eigenvalue weighted by Crippen LogP contribution is -2.40. The van der Waals surface area contributed by atoms with Crippen LogP contribution in [0.25, 0.3) is 0 Å². The molecular formula is C21H34F3IN4O. The van der Waals surface area contributed by atoms with Crippen molar-refractivity contribution in [1.29, 1.82) is 0 Å². The average molecular weight is 542 g/mol. The van der Waals surface area contributed by atoms with Crippen LogP contribution in [0.1, 0.15) is 31.7 Å². The third kappa shape index (κ3) is 10.2. The lowest BCUT2D eigenvalue weighted by Gasteiger charge is -2.32.